The largest absolute Gasteiger partial charge is 0.481 e. The molecular weight excluding hydrogens is 382 g/mol. The van der Waals surface area contributed by atoms with Crippen molar-refractivity contribution in [1.29, 1.82) is 5.26 Å². The first kappa shape index (κ1) is 18.9. The van der Waals surface area contributed by atoms with Gasteiger partial charge in [0.15, 0.2) is 5.69 Å². The summed E-state index contributed by atoms with van der Waals surface area (Å²) in [5.74, 6) is 0.421. The van der Waals surface area contributed by atoms with Crippen LogP contribution < -0.4 is 15.4 Å². The molecule has 0 aliphatic carbocycles. The van der Waals surface area contributed by atoms with E-state index in [9.17, 15) is 10.1 Å². The summed E-state index contributed by atoms with van der Waals surface area (Å²) in [6.45, 7) is 0.383. The van der Waals surface area contributed by atoms with Gasteiger partial charge in [0.25, 0.3) is 0 Å². The third-order valence-electron chi connectivity index (χ3n) is 4.41. The molecule has 0 atom stereocenters. The zero-order chi connectivity index (χ0) is 20.9. The van der Waals surface area contributed by atoms with Crippen molar-refractivity contribution in [3.05, 3.63) is 72.3 Å². The predicted octanol–water partition coefficient (Wildman–Crippen LogP) is 3.02. The highest BCUT2D eigenvalue weighted by Gasteiger charge is 2.14. The van der Waals surface area contributed by atoms with Gasteiger partial charge in [0.05, 0.1) is 18.3 Å². The number of nitrogens with one attached hydrogen (secondary N) is 2. The van der Waals surface area contributed by atoms with Crippen LogP contribution >= 0.6 is 0 Å². The second-order valence-electron chi connectivity index (χ2n) is 6.32. The van der Waals surface area contributed by atoms with Crippen LogP contribution in [0.25, 0.3) is 16.6 Å². The van der Waals surface area contributed by atoms with Crippen LogP contribution in [0.4, 0.5) is 10.5 Å². The maximum absolute atomic E-state index is 12.2. The smallest absolute Gasteiger partial charge is 0.319 e. The molecule has 0 fully saturated rings. The van der Waals surface area contributed by atoms with Gasteiger partial charge in [0.2, 0.25) is 5.88 Å². The first-order chi connectivity index (χ1) is 14.7. The Morgan fingerprint density at radius 3 is 2.77 bits per heavy atom. The lowest BCUT2D eigenvalue weighted by molar-refractivity contribution is 0.251. The fourth-order valence-corrected chi connectivity index (χ4v) is 2.96. The fraction of sp³-hybridized carbons (Fsp3) is 0.0952. The SMILES string of the molecule is COc1cc(-n2nc3cc(NC(=O)NCc4ccncc4)ccc3c2C#N)ccn1. The monoisotopic (exact) mass is 399 g/mol. The Labute approximate surface area is 172 Å². The number of carbonyl (C=O) groups excluding carboxylic acids is 1. The number of benzene rings is 1. The third kappa shape index (κ3) is 3.88. The molecule has 4 aromatic rings. The average Bonchev–Trinajstić information content (AvgIpc) is 3.16. The molecule has 148 valence electrons. The van der Waals surface area contributed by atoms with Crippen LogP contribution in [-0.4, -0.2) is 32.9 Å². The van der Waals surface area contributed by atoms with Gasteiger partial charge in [0.1, 0.15) is 6.07 Å². The molecule has 0 radical (unpaired) electrons. The van der Waals surface area contributed by atoms with Crippen LogP contribution in [0.5, 0.6) is 5.88 Å². The highest BCUT2D eigenvalue weighted by Crippen LogP contribution is 2.25. The van der Waals surface area contributed by atoms with Gasteiger partial charge < -0.3 is 15.4 Å². The van der Waals surface area contributed by atoms with Crippen molar-refractivity contribution in [3.63, 3.8) is 0 Å². The van der Waals surface area contributed by atoms with E-state index < -0.39 is 0 Å². The minimum atomic E-state index is -0.343. The Hall–Kier alpha value is -4.45. The third-order valence-corrected chi connectivity index (χ3v) is 4.41. The predicted molar refractivity (Wildman–Crippen MR) is 110 cm³/mol. The summed E-state index contributed by atoms with van der Waals surface area (Å²) in [6.07, 6.45) is 4.93. The minimum Gasteiger partial charge on any atom is -0.481 e. The fourth-order valence-electron chi connectivity index (χ4n) is 2.96. The zero-order valence-electron chi connectivity index (χ0n) is 16.0. The van der Waals surface area contributed by atoms with E-state index in [0.29, 0.717) is 40.4 Å². The van der Waals surface area contributed by atoms with Crippen molar-refractivity contribution >= 4 is 22.6 Å². The molecule has 9 nitrogen and oxygen atoms in total. The molecule has 0 saturated heterocycles. The normalized spacial score (nSPS) is 10.4. The van der Waals surface area contributed by atoms with Gasteiger partial charge >= 0.3 is 6.03 Å². The molecule has 3 aromatic heterocycles. The van der Waals surface area contributed by atoms with E-state index in [0.717, 1.165) is 5.56 Å². The van der Waals surface area contributed by atoms with Gasteiger partial charge in [-0.05, 0) is 42.0 Å². The van der Waals surface area contributed by atoms with Crippen LogP contribution in [0.2, 0.25) is 0 Å². The number of hydrogen-bond acceptors (Lipinski definition) is 6. The number of ether oxygens (including phenoxy) is 1. The summed E-state index contributed by atoms with van der Waals surface area (Å²) in [7, 11) is 1.52. The zero-order valence-corrected chi connectivity index (χ0v) is 16.0. The second kappa shape index (κ2) is 8.28. The molecule has 1 aromatic carbocycles. The van der Waals surface area contributed by atoms with Gasteiger partial charge in [-0.15, -0.1) is 0 Å². The Morgan fingerprint density at radius 1 is 1.17 bits per heavy atom. The maximum atomic E-state index is 12.2. The molecule has 0 aliphatic heterocycles. The quantitative estimate of drug-likeness (QED) is 0.533. The number of fused-ring (bicyclic) bond motifs is 1. The highest BCUT2D eigenvalue weighted by molar-refractivity contribution is 5.93. The molecule has 2 N–H and O–H groups in total. The summed E-state index contributed by atoms with van der Waals surface area (Å²) in [5, 5.41) is 20.4. The number of urea groups is 1. The van der Waals surface area contributed by atoms with Crippen molar-refractivity contribution in [2.24, 2.45) is 0 Å². The molecule has 30 heavy (non-hydrogen) atoms. The number of carbonyl (C=O) groups is 1. The molecule has 3 heterocycles. The van der Waals surface area contributed by atoms with Gasteiger partial charge in [0, 0.05) is 42.3 Å². The number of nitriles is 1. The topological polar surface area (TPSA) is 118 Å². The minimum absolute atomic E-state index is 0.343. The average molecular weight is 399 g/mol. The maximum Gasteiger partial charge on any atom is 0.319 e. The van der Waals surface area contributed by atoms with Crippen molar-refractivity contribution in [2.45, 2.75) is 6.54 Å². The number of hydrogen-bond donors (Lipinski definition) is 2. The van der Waals surface area contributed by atoms with Gasteiger partial charge in [-0.2, -0.15) is 10.4 Å². The van der Waals surface area contributed by atoms with Crippen molar-refractivity contribution < 1.29 is 9.53 Å². The molecule has 4 rings (SSSR count). The summed E-state index contributed by atoms with van der Waals surface area (Å²) in [5.41, 5.74) is 3.12. The molecule has 9 heteroatoms. The van der Waals surface area contributed by atoms with Crippen LogP contribution in [0, 0.1) is 11.3 Å². The number of methoxy groups -OCH3 is 1. The van der Waals surface area contributed by atoms with Crippen molar-refractivity contribution in [2.75, 3.05) is 12.4 Å². The van der Waals surface area contributed by atoms with Crippen molar-refractivity contribution in [1.82, 2.24) is 25.1 Å². The number of amides is 2. The second-order valence-corrected chi connectivity index (χ2v) is 6.32. The van der Waals surface area contributed by atoms with E-state index in [1.807, 2.05) is 12.1 Å². The van der Waals surface area contributed by atoms with Crippen LogP contribution in [-0.2, 0) is 6.54 Å². The first-order valence-corrected chi connectivity index (χ1v) is 9.05. The Kier molecular flexibility index (Phi) is 5.21. The first-order valence-electron chi connectivity index (χ1n) is 9.05. The number of rotatable bonds is 5. The molecule has 0 unspecified atom stereocenters. The molecule has 0 saturated carbocycles. The summed E-state index contributed by atoms with van der Waals surface area (Å²) in [6, 6.07) is 14.1. The lowest BCUT2D eigenvalue weighted by Gasteiger charge is -2.07. The van der Waals surface area contributed by atoms with E-state index >= 15 is 0 Å². The summed E-state index contributed by atoms with van der Waals surface area (Å²) < 4.78 is 6.68. The van der Waals surface area contributed by atoms with Crippen LogP contribution in [0.3, 0.4) is 0 Å². The van der Waals surface area contributed by atoms with Crippen LogP contribution in [0.15, 0.2) is 61.1 Å². The van der Waals surface area contributed by atoms with E-state index in [2.05, 4.69) is 31.8 Å². The lowest BCUT2D eigenvalue weighted by atomic mass is 10.2. The van der Waals surface area contributed by atoms with E-state index in [4.69, 9.17) is 4.74 Å². The highest BCUT2D eigenvalue weighted by atomic mass is 16.5. The standard InChI is InChI=1S/C21H17N7O2/c1-30-20-11-16(6-9-24-20)28-19(12-22)17-3-2-15(10-18(17)27-28)26-21(29)25-13-14-4-7-23-8-5-14/h2-11H,13H2,1H3,(H2,25,26,29). The van der Waals surface area contributed by atoms with Crippen LogP contribution in [0.1, 0.15) is 11.3 Å². The van der Waals surface area contributed by atoms with E-state index in [-0.39, 0.29) is 6.03 Å². The molecular formula is C21H17N7O2. The summed E-state index contributed by atoms with van der Waals surface area (Å²) >= 11 is 0. The number of nitrogens with zero attached hydrogens (tertiary/aromatic N) is 5. The number of pyridine rings is 2. The number of aromatic nitrogens is 4. The molecule has 0 bridgehead atoms. The van der Waals surface area contributed by atoms with Crippen molar-refractivity contribution in [3.8, 4) is 17.6 Å². The Bertz CT molecular complexity index is 1250. The van der Waals surface area contributed by atoms with Gasteiger partial charge in [-0.1, -0.05) is 0 Å². The Balaban J connectivity index is 1.57. The molecule has 2 amide bonds. The van der Waals surface area contributed by atoms with E-state index in [1.165, 1.54) is 11.8 Å². The van der Waals surface area contributed by atoms with E-state index in [1.54, 1.807) is 48.9 Å². The lowest BCUT2D eigenvalue weighted by Crippen LogP contribution is -2.28. The molecule has 0 aliphatic rings. The number of anilines is 1. The Morgan fingerprint density at radius 2 is 2.00 bits per heavy atom. The van der Waals surface area contributed by atoms with Gasteiger partial charge in [-0.25, -0.2) is 14.5 Å². The van der Waals surface area contributed by atoms with Gasteiger partial charge in [-0.3, -0.25) is 4.98 Å². The summed E-state index contributed by atoms with van der Waals surface area (Å²) in [4.78, 5) is 20.2. The molecule has 0 spiro atoms.